The van der Waals surface area contributed by atoms with Gasteiger partial charge in [0.2, 0.25) is 0 Å². The molecule has 0 amide bonds. The number of benzene rings is 1. The monoisotopic (exact) mass is 310 g/mol. The molecular formula is C16H23ClN2O2. The van der Waals surface area contributed by atoms with Crippen molar-refractivity contribution in [3.8, 4) is 0 Å². The van der Waals surface area contributed by atoms with Crippen LogP contribution in [0.4, 0.5) is 11.4 Å². The quantitative estimate of drug-likeness (QED) is 0.448. The van der Waals surface area contributed by atoms with Gasteiger partial charge in [0.05, 0.1) is 4.92 Å². The molecule has 1 aromatic carbocycles. The molecule has 0 aromatic heterocycles. The fourth-order valence-electron chi connectivity index (χ4n) is 3.17. The van der Waals surface area contributed by atoms with Gasteiger partial charge in [0.15, 0.2) is 0 Å². The standard InChI is InChI=1S/C16H23ClN2O2/c1-2-4-13-5-3-9-18(10-8-13)15-7-6-14(12-17)11-16(15)19(20)21/h6-7,11,13H,2-5,8-10,12H2,1H3. The molecule has 0 radical (unpaired) electrons. The van der Waals surface area contributed by atoms with Gasteiger partial charge >= 0.3 is 0 Å². The van der Waals surface area contributed by atoms with E-state index in [-0.39, 0.29) is 10.6 Å². The minimum Gasteiger partial charge on any atom is -0.366 e. The lowest BCUT2D eigenvalue weighted by Gasteiger charge is -2.23. The first-order chi connectivity index (χ1) is 10.2. The Kier molecular flexibility index (Phi) is 5.85. The number of rotatable bonds is 5. The Morgan fingerprint density at radius 2 is 2.19 bits per heavy atom. The van der Waals surface area contributed by atoms with E-state index in [1.807, 2.05) is 12.1 Å². The van der Waals surface area contributed by atoms with E-state index in [1.54, 1.807) is 6.07 Å². The molecule has 2 rings (SSSR count). The second-order valence-electron chi connectivity index (χ2n) is 5.79. The third-order valence-corrected chi connectivity index (χ3v) is 4.58. The van der Waals surface area contributed by atoms with Crippen molar-refractivity contribution in [1.82, 2.24) is 0 Å². The summed E-state index contributed by atoms with van der Waals surface area (Å²) in [6.45, 7) is 4.03. The van der Waals surface area contributed by atoms with E-state index in [0.29, 0.717) is 5.88 Å². The Labute approximate surface area is 131 Å². The van der Waals surface area contributed by atoms with Gasteiger partial charge in [0, 0.05) is 25.0 Å². The van der Waals surface area contributed by atoms with Gasteiger partial charge < -0.3 is 4.90 Å². The number of nitro benzene ring substituents is 1. The predicted octanol–water partition coefficient (Wildman–Crippen LogP) is 4.74. The highest BCUT2D eigenvalue weighted by atomic mass is 35.5. The van der Waals surface area contributed by atoms with E-state index in [2.05, 4.69) is 11.8 Å². The highest BCUT2D eigenvalue weighted by molar-refractivity contribution is 6.17. The summed E-state index contributed by atoms with van der Waals surface area (Å²) in [5.41, 5.74) is 1.72. The first kappa shape index (κ1) is 16.1. The topological polar surface area (TPSA) is 46.4 Å². The summed E-state index contributed by atoms with van der Waals surface area (Å²) in [5.74, 6) is 1.07. The van der Waals surface area contributed by atoms with Crippen LogP contribution in [0.3, 0.4) is 0 Å². The van der Waals surface area contributed by atoms with E-state index < -0.39 is 0 Å². The molecule has 1 aliphatic rings. The molecule has 0 bridgehead atoms. The van der Waals surface area contributed by atoms with Crippen LogP contribution in [-0.4, -0.2) is 18.0 Å². The molecule has 1 aromatic rings. The van der Waals surface area contributed by atoms with Gasteiger partial charge in [-0.25, -0.2) is 0 Å². The molecule has 0 saturated carbocycles. The Morgan fingerprint density at radius 3 is 2.86 bits per heavy atom. The maximum atomic E-state index is 11.3. The molecule has 1 atom stereocenters. The van der Waals surface area contributed by atoms with Crippen molar-refractivity contribution in [3.05, 3.63) is 33.9 Å². The number of hydrogen-bond acceptors (Lipinski definition) is 3. The maximum Gasteiger partial charge on any atom is 0.292 e. The van der Waals surface area contributed by atoms with Crippen LogP contribution in [0.5, 0.6) is 0 Å². The van der Waals surface area contributed by atoms with Crippen LogP contribution in [-0.2, 0) is 5.88 Å². The Hall–Kier alpha value is -1.29. The van der Waals surface area contributed by atoms with Crippen LogP contribution in [0.25, 0.3) is 0 Å². The van der Waals surface area contributed by atoms with Crippen molar-refractivity contribution in [2.24, 2.45) is 5.92 Å². The molecule has 4 nitrogen and oxygen atoms in total. The van der Waals surface area contributed by atoms with Crippen LogP contribution < -0.4 is 4.90 Å². The van der Waals surface area contributed by atoms with E-state index in [9.17, 15) is 10.1 Å². The minimum absolute atomic E-state index is 0.182. The largest absolute Gasteiger partial charge is 0.366 e. The minimum atomic E-state index is -0.292. The molecule has 1 unspecified atom stereocenters. The van der Waals surface area contributed by atoms with Crippen molar-refractivity contribution in [2.45, 2.75) is 44.9 Å². The molecule has 0 aliphatic carbocycles. The van der Waals surface area contributed by atoms with Gasteiger partial charge in [-0.3, -0.25) is 10.1 Å². The zero-order valence-corrected chi connectivity index (χ0v) is 13.3. The number of anilines is 1. The average Bonchev–Trinajstić information content (AvgIpc) is 2.72. The van der Waals surface area contributed by atoms with Gasteiger partial charge in [0.25, 0.3) is 5.69 Å². The van der Waals surface area contributed by atoms with Crippen molar-refractivity contribution < 1.29 is 4.92 Å². The lowest BCUT2D eigenvalue weighted by atomic mass is 9.96. The van der Waals surface area contributed by atoms with E-state index >= 15 is 0 Å². The lowest BCUT2D eigenvalue weighted by molar-refractivity contribution is -0.384. The molecule has 1 fully saturated rings. The predicted molar refractivity (Wildman–Crippen MR) is 87.1 cm³/mol. The Bertz CT molecular complexity index is 493. The molecule has 1 aliphatic heterocycles. The highest BCUT2D eigenvalue weighted by Crippen LogP contribution is 2.33. The zero-order valence-electron chi connectivity index (χ0n) is 12.6. The van der Waals surface area contributed by atoms with E-state index in [0.717, 1.165) is 43.1 Å². The molecule has 0 spiro atoms. The average molecular weight is 311 g/mol. The summed E-state index contributed by atoms with van der Waals surface area (Å²) in [5, 5.41) is 11.3. The molecule has 1 heterocycles. The fraction of sp³-hybridized carbons (Fsp3) is 0.625. The van der Waals surface area contributed by atoms with Crippen LogP contribution in [0, 0.1) is 16.0 Å². The second kappa shape index (κ2) is 7.64. The number of hydrogen-bond donors (Lipinski definition) is 0. The fourth-order valence-corrected chi connectivity index (χ4v) is 3.34. The third-order valence-electron chi connectivity index (χ3n) is 4.28. The number of nitrogens with zero attached hydrogens (tertiary/aromatic N) is 2. The molecular weight excluding hydrogens is 288 g/mol. The Balaban J connectivity index is 2.19. The van der Waals surface area contributed by atoms with Gasteiger partial charge in [-0.2, -0.15) is 0 Å². The van der Waals surface area contributed by atoms with Crippen molar-refractivity contribution >= 4 is 23.0 Å². The zero-order chi connectivity index (χ0) is 15.2. The smallest absolute Gasteiger partial charge is 0.292 e. The first-order valence-electron chi connectivity index (χ1n) is 7.74. The highest BCUT2D eigenvalue weighted by Gasteiger charge is 2.23. The van der Waals surface area contributed by atoms with Crippen LogP contribution in [0.15, 0.2) is 18.2 Å². The molecule has 21 heavy (non-hydrogen) atoms. The summed E-state index contributed by atoms with van der Waals surface area (Å²) in [7, 11) is 0. The normalized spacial score (nSPS) is 19.3. The lowest BCUT2D eigenvalue weighted by Crippen LogP contribution is -2.25. The third kappa shape index (κ3) is 4.10. The second-order valence-corrected chi connectivity index (χ2v) is 6.05. The number of alkyl halides is 1. The van der Waals surface area contributed by atoms with Crippen LogP contribution in [0.2, 0.25) is 0 Å². The molecule has 0 N–H and O–H groups in total. The van der Waals surface area contributed by atoms with Gasteiger partial charge in [-0.1, -0.05) is 25.8 Å². The van der Waals surface area contributed by atoms with E-state index in [4.69, 9.17) is 11.6 Å². The van der Waals surface area contributed by atoms with Gasteiger partial charge in [-0.05, 0) is 36.8 Å². The number of halogens is 1. The van der Waals surface area contributed by atoms with Gasteiger partial charge in [0.1, 0.15) is 5.69 Å². The summed E-state index contributed by atoms with van der Waals surface area (Å²) < 4.78 is 0. The summed E-state index contributed by atoms with van der Waals surface area (Å²) in [6.07, 6.45) is 5.95. The Morgan fingerprint density at radius 1 is 1.38 bits per heavy atom. The molecule has 116 valence electrons. The van der Waals surface area contributed by atoms with Crippen LogP contribution >= 0.6 is 11.6 Å². The molecule has 5 heteroatoms. The van der Waals surface area contributed by atoms with Crippen molar-refractivity contribution in [1.29, 1.82) is 0 Å². The SMILES string of the molecule is CCCC1CCCN(c2ccc(CCl)cc2[N+](=O)[O-])CC1. The van der Waals surface area contributed by atoms with Gasteiger partial charge in [-0.15, -0.1) is 11.6 Å². The number of nitro groups is 1. The maximum absolute atomic E-state index is 11.3. The summed E-state index contributed by atoms with van der Waals surface area (Å²) in [6, 6.07) is 5.36. The van der Waals surface area contributed by atoms with Crippen LogP contribution in [0.1, 0.15) is 44.6 Å². The molecule has 1 saturated heterocycles. The van der Waals surface area contributed by atoms with Crippen molar-refractivity contribution in [2.75, 3.05) is 18.0 Å². The summed E-state index contributed by atoms with van der Waals surface area (Å²) in [4.78, 5) is 13.2. The van der Waals surface area contributed by atoms with E-state index in [1.165, 1.54) is 19.3 Å². The summed E-state index contributed by atoms with van der Waals surface area (Å²) >= 11 is 5.79. The first-order valence-corrected chi connectivity index (χ1v) is 8.27. The van der Waals surface area contributed by atoms with Crippen molar-refractivity contribution in [3.63, 3.8) is 0 Å².